The van der Waals surface area contributed by atoms with Crippen molar-refractivity contribution in [2.45, 2.75) is 19.3 Å². The highest BCUT2D eigenvalue weighted by molar-refractivity contribution is 7.12. The molecule has 0 atom stereocenters. The van der Waals surface area contributed by atoms with Gasteiger partial charge in [-0.2, -0.15) is 0 Å². The molecule has 0 radical (unpaired) electrons. The number of anilines is 1. The van der Waals surface area contributed by atoms with Gasteiger partial charge >= 0.3 is 6.03 Å². The normalized spacial score (nSPS) is 14.8. The second kappa shape index (κ2) is 8.94. The van der Waals surface area contributed by atoms with Gasteiger partial charge in [-0.15, -0.1) is 11.3 Å². The molecule has 1 aromatic heterocycles. The third kappa shape index (κ3) is 5.26. The van der Waals surface area contributed by atoms with E-state index in [1.807, 2.05) is 11.4 Å². The van der Waals surface area contributed by atoms with E-state index >= 15 is 0 Å². The van der Waals surface area contributed by atoms with E-state index in [0.29, 0.717) is 30.4 Å². The maximum absolute atomic E-state index is 13.6. The third-order valence-corrected chi connectivity index (χ3v) is 5.52. The van der Waals surface area contributed by atoms with E-state index in [4.69, 9.17) is 0 Å². The predicted octanol–water partition coefficient (Wildman–Crippen LogP) is 4.09. The summed E-state index contributed by atoms with van der Waals surface area (Å²) in [5.41, 5.74) is -0.154. The zero-order valence-corrected chi connectivity index (χ0v) is 15.5. The summed E-state index contributed by atoms with van der Waals surface area (Å²) in [7, 11) is 0. The van der Waals surface area contributed by atoms with Gasteiger partial charge in [0.25, 0.3) is 5.91 Å². The van der Waals surface area contributed by atoms with E-state index in [9.17, 15) is 18.4 Å². The molecular formula is C19H21F2N3O2S. The number of benzene rings is 1. The summed E-state index contributed by atoms with van der Waals surface area (Å²) in [6, 6.07) is 6.17. The average Bonchev–Trinajstić information content (AvgIpc) is 3.20. The van der Waals surface area contributed by atoms with Gasteiger partial charge in [0.05, 0.1) is 10.6 Å². The van der Waals surface area contributed by atoms with Gasteiger partial charge in [-0.3, -0.25) is 4.79 Å². The Hall–Kier alpha value is -2.48. The van der Waals surface area contributed by atoms with Crippen molar-refractivity contribution in [1.29, 1.82) is 0 Å². The predicted molar refractivity (Wildman–Crippen MR) is 101 cm³/mol. The monoisotopic (exact) mass is 393 g/mol. The van der Waals surface area contributed by atoms with Crippen molar-refractivity contribution in [2.24, 2.45) is 5.92 Å². The van der Waals surface area contributed by atoms with Gasteiger partial charge in [0.2, 0.25) is 0 Å². The molecule has 0 unspecified atom stereocenters. The number of urea groups is 1. The minimum atomic E-state index is -0.666. The Morgan fingerprint density at radius 2 is 1.96 bits per heavy atom. The van der Waals surface area contributed by atoms with E-state index in [0.717, 1.165) is 37.5 Å². The first kappa shape index (κ1) is 19.3. The first-order valence-electron chi connectivity index (χ1n) is 8.85. The van der Waals surface area contributed by atoms with Crippen LogP contribution < -0.4 is 10.6 Å². The smallest absolute Gasteiger partial charge is 0.321 e. The number of halogens is 2. The zero-order chi connectivity index (χ0) is 19.2. The van der Waals surface area contributed by atoms with Crippen LogP contribution in [0.1, 0.15) is 28.9 Å². The standard InChI is InChI=1S/C19H21F2N3O2S/c20-14-3-4-15(21)16(12-14)23-19(26)24-9-6-13(7-10-24)5-8-22-18(25)17-2-1-11-27-17/h1-4,11-13H,5-10H2,(H,22,25)(H,23,26). The van der Waals surface area contributed by atoms with Crippen LogP contribution in [-0.4, -0.2) is 36.5 Å². The van der Waals surface area contributed by atoms with Crippen molar-refractivity contribution in [3.63, 3.8) is 0 Å². The number of piperidine rings is 1. The fourth-order valence-electron chi connectivity index (χ4n) is 3.10. The van der Waals surface area contributed by atoms with Crippen LogP contribution in [0.2, 0.25) is 0 Å². The Bertz CT molecular complexity index is 790. The van der Waals surface area contributed by atoms with Gasteiger partial charge < -0.3 is 15.5 Å². The molecule has 5 nitrogen and oxygen atoms in total. The number of carbonyl (C=O) groups excluding carboxylic acids is 2. The summed E-state index contributed by atoms with van der Waals surface area (Å²) in [6.45, 7) is 1.70. The van der Waals surface area contributed by atoms with E-state index in [1.54, 1.807) is 11.0 Å². The van der Waals surface area contributed by atoms with Crippen molar-refractivity contribution in [3.8, 4) is 0 Å². The third-order valence-electron chi connectivity index (χ3n) is 4.65. The minimum absolute atomic E-state index is 0.0565. The van der Waals surface area contributed by atoms with E-state index in [2.05, 4.69) is 10.6 Å². The molecule has 0 spiro atoms. The molecule has 2 heterocycles. The summed E-state index contributed by atoms with van der Waals surface area (Å²) in [4.78, 5) is 26.4. The number of rotatable bonds is 5. The lowest BCUT2D eigenvalue weighted by Gasteiger charge is -2.32. The molecule has 0 bridgehead atoms. The topological polar surface area (TPSA) is 61.4 Å². The Kier molecular flexibility index (Phi) is 6.39. The number of nitrogens with zero attached hydrogens (tertiary/aromatic N) is 1. The Morgan fingerprint density at radius 3 is 2.67 bits per heavy atom. The summed E-state index contributed by atoms with van der Waals surface area (Å²) >= 11 is 1.41. The fourth-order valence-corrected chi connectivity index (χ4v) is 3.74. The second-order valence-corrected chi connectivity index (χ2v) is 7.45. The molecule has 1 saturated heterocycles. The van der Waals surface area contributed by atoms with Gasteiger partial charge in [-0.1, -0.05) is 6.07 Å². The van der Waals surface area contributed by atoms with Crippen molar-refractivity contribution >= 4 is 29.0 Å². The van der Waals surface area contributed by atoms with Gasteiger partial charge in [0, 0.05) is 25.7 Å². The first-order valence-corrected chi connectivity index (χ1v) is 9.73. The van der Waals surface area contributed by atoms with Crippen LogP contribution >= 0.6 is 11.3 Å². The first-order chi connectivity index (χ1) is 13.0. The molecule has 1 aliphatic heterocycles. The largest absolute Gasteiger partial charge is 0.351 e. The van der Waals surface area contributed by atoms with Crippen molar-refractivity contribution < 1.29 is 18.4 Å². The van der Waals surface area contributed by atoms with Crippen LogP contribution in [0.4, 0.5) is 19.3 Å². The maximum atomic E-state index is 13.6. The van der Waals surface area contributed by atoms with E-state index in [1.165, 1.54) is 11.3 Å². The average molecular weight is 393 g/mol. The second-order valence-electron chi connectivity index (χ2n) is 6.51. The minimum Gasteiger partial charge on any atom is -0.351 e. The van der Waals surface area contributed by atoms with Gasteiger partial charge in [-0.25, -0.2) is 13.6 Å². The van der Waals surface area contributed by atoms with Gasteiger partial charge in [-0.05, 0) is 48.8 Å². The number of carbonyl (C=O) groups is 2. The molecule has 2 aromatic rings. The van der Waals surface area contributed by atoms with Crippen molar-refractivity contribution in [3.05, 3.63) is 52.2 Å². The highest BCUT2D eigenvalue weighted by atomic mass is 32.1. The lowest BCUT2D eigenvalue weighted by molar-refractivity contribution is 0.0953. The van der Waals surface area contributed by atoms with Gasteiger partial charge in [0.1, 0.15) is 11.6 Å². The molecule has 0 saturated carbocycles. The number of hydrogen-bond acceptors (Lipinski definition) is 3. The summed E-state index contributed by atoms with van der Waals surface area (Å²) in [5.74, 6) is -0.904. The van der Waals surface area contributed by atoms with Crippen LogP contribution in [0, 0.1) is 17.6 Å². The summed E-state index contributed by atoms with van der Waals surface area (Å²) in [5, 5.41) is 7.20. The molecule has 2 N–H and O–H groups in total. The number of thiophene rings is 1. The molecule has 1 fully saturated rings. The molecule has 27 heavy (non-hydrogen) atoms. The maximum Gasteiger partial charge on any atom is 0.321 e. The quantitative estimate of drug-likeness (QED) is 0.804. The van der Waals surface area contributed by atoms with E-state index < -0.39 is 17.7 Å². The Morgan fingerprint density at radius 1 is 1.19 bits per heavy atom. The van der Waals surface area contributed by atoms with E-state index in [-0.39, 0.29) is 11.6 Å². The van der Waals surface area contributed by atoms with Crippen LogP contribution in [-0.2, 0) is 0 Å². The fraction of sp³-hybridized carbons (Fsp3) is 0.368. The number of likely N-dealkylation sites (tertiary alicyclic amines) is 1. The van der Waals surface area contributed by atoms with Crippen LogP contribution in [0.5, 0.6) is 0 Å². The Balaban J connectivity index is 1.40. The molecule has 144 valence electrons. The summed E-state index contributed by atoms with van der Waals surface area (Å²) < 4.78 is 26.8. The lowest BCUT2D eigenvalue weighted by Crippen LogP contribution is -2.41. The van der Waals surface area contributed by atoms with Crippen molar-refractivity contribution in [2.75, 3.05) is 25.0 Å². The molecule has 8 heteroatoms. The number of amides is 3. The molecule has 0 aliphatic carbocycles. The lowest BCUT2D eigenvalue weighted by atomic mass is 9.94. The van der Waals surface area contributed by atoms with Gasteiger partial charge in [0.15, 0.2) is 0 Å². The molecule has 1 aliphatic rings. The molecule has 3 amide bonds. The molecular weight excluding hydrogens is 372 g/mol. The van der Waals surface area contributed by atoms with Crippen LogP contribution in [0.3, 0.4) is 0 Å². The zero-order valence-electron chi connectivity index (χ0n) is 14.7. The van der Waals surface area contributed by atoms with Crippen molar-refractivity contribution in [1.82, 2.24) is 10.2 Å². The van der Waals surface area contributed by atoms with Crippen LogP contribution in [0.25, 0.3) is 0 Å². The molecule has 3 rings (SSSR count). The number of nitrogens with one attached hydrogen (secondary N) is 2. The summed E-state index contributed by atoms with van der Waals surface area (Å²) in [6.07, 6.45) is 2.48. The number of hydrogen-bond donors (Lipinski definition) is 2. The highest BCUT2D eigenvalue weighted by Gasteiger charge is 2.23. The molecule has 1 aromatic carbocycles. The Labute approximate surface area is 160 Å². The van der Waals surface area contributed by atoms with Crippen LogP contribution in [0.15, 0.2) is 35.7 Å². The highest BCUT2D eigenvalue weighted by Crippen LogP contribution is 2.22. The SMILES string of the molecule is O=C(NCCC1CCN(C(=O)Nc2cc(F)ccc2F)CC1)c1cccs1.